The summed E-state index contributed by atoms with van der Waals surface area (Å²) in [4.78, 5) is 0. The third-order valence-corrected chi connectivity index (χ3v) is 5.13. The van der Waals surface area contributed by atoms with Crippen molar-refractivity contribution in [3.63, 3.8) is 0 Å². The van der Waals surface area contributed by atoms with Crippen LogP contribution in [0.5, 0.6) is 5.75 Å². The van der Waals surface area contributed by atoms with E-state index in [0.717, 1.165) is 30.4 Å². The van der Waals surface area contributed by atoms with Gasteiger partial charge in [0.15, 0.2) is 0 Å². The molecule has 3 aromatic rings. The van der Waals surface area contributed by atoms with Gasteiger partial charge in [0.05, 0.1) is 0 Å². The fourth-order valence-corrected chi connectivity index (χ4v) is 3.85. The molecule has 134 valence electrons. The van der Waals surface area contributed by atoms with Gasteiger partial charge in [-0.25, -0.2) is 0 Å². The first-order chi connectivity index (χ1) is 12.4. The van der Waals surface area contributed by atoms with Crippen LogP contribution in [-0.2, 0) is 12.8 Å². The van der Waals surface area contributed by atoms with Gasteiger partial charge in [-0.05, 0) is 71.7 Å². The van der Waals surface area contributed by atoms with Crippen LogP contribution < -0.4 is 4.74 Å². The van der Waals surface area contributed by atoms with Crippen LogP contribution in [0.2, 0.25) is 0 Å². The van der Waals surface area contributed by atoms with Crippen LogP contribution in [0.25, 0.3) is 10.8 Å². The molecule has 0 radical (unpaired) electrons. The molecule has 0 bridgehead atoms. The molecule has 0 fully saturated rings. The number of rotatable bonds is 2. The third-order valence-electron chi connectivity index (χ3n) is 5.13. The molecule has 26 heavy (non-hydrogen) atoms. The van der Waals surface area contributed by atoms with Crippen LogP contribution in [-0.4, -0.2) is 6.36 Å². The van der Waals surface area contributed by atoms with Crippen molar-refractivity contribution >= 4 is 10.8 Å². The molecular weight excluding hydrogens is 337 g/mol. The molecule has 0 aromatic heterocycles. The summed E-state index contributed by atoms with van der Waals surface area (Å²) in [7, 11) is 0. The lowest BCUT2D eigenvalue weighted by molar-refractivity contribution is -0.274. The molecule has 4 rings (SSSR count). The average Bonchev–Trinajstić information content (AvgIpc) is 2.59. The third kappa shape index (κ3) is 3.55. The molecule has 4 heteroatoms. The largest absolute Gasteiger partial charge is 0.573 e. The molecule has 1 aliphatic rings. The maximum Gasteiger partial charge on any atom is 0.573 e. The van der Waals surface area contributed by atoms with Crippen molar-refractivity contribution in [2.24, 2.45) is 0 Å². The molecule has 1 nitrogen and oxygen atoms in total. The van der Waals surface area contributed by atoms with Crippen LogP contribution in [0.15, 0.2) is 54.6 Å². The summed E-state index contributed by atoms with van der Waals surface area (Å²) in [5.74, 6) is 0.262. The van der Waals surface area contributed by atoms with Gasteiger partial charge in [0.25, 0.3) is 0 Å². The number of aryl methyl sites for hydroxylation is 2. The van der Waals surface area contributed by atoms with Crippen molar-refractivity contribution in [1.29, 1.82) is 0 Å². The van der Waals surface area contributed by atoms with E-state index in [1.807, 2.05) is 0 Å². The van der Waals surface area contributed by atoms with Crippen LogP contribution in [0.4, 0.5) is 13.2 Å². The van der Waals surface area contributed by atoms with E-state index in [4.69, 9.17) is 0 Å². The zero-order chi connectivity index (χ0) is 18.3. The Balaban J connectivity index is 1.57. The van der Waals surface area contributed by atoms with Gasteiger partial charge >= 0.3 is 6.36 Å². The summed E-state index contributed by atoms with van der Waals surface area (Å²) in [6.45, 7) is 2.09. The minimum atomic E-state index is -4.64. The van der Waals surface area contributed by atoms with Gasteiger partial charge in [-0.3, -0.25) is 0 Å². The number of hydrogen-bond acceptors (Lipinski definition) is 1. The minimum Gasteiger partial charge on any atom is -0.406 e. The van der Waals surface area contributed by atoms with Gasteiger partial charge < -0.3 is 4.74 Å². The first kappa shape index (κ1) is 17.0. The van der Waals surface area contributed by atoms with Gasteiger partial charge in [-0.1, -0.05) is 48.0 Å². The summed E-state index contributed by atoms with van der Waals surface area (Å²) in [6.07, 6.45) is -2.10. The van der Waals surface area contributed by atoms with E-state index in [9.17, 15) is 13.2 Å². The smallest absolute Gasteiger partial charge is 0.406 e. The summed E-state index contributed by atoms with van der Waals surface area (Å²) >= 11 is 0. The molecule has 0 amide bonds. The van der Waals surface area contributed by atoms with E-state index >= 15 is 0 Å². The molecule has 3 aromatic carbocycles. The lowest BCUT2D eigenvalue weighted by atomic mass is 9.79. The topological polar surface area (TPSA) is 9.23 Å². The lowest BCUT2D eigenvalue weighted by Crippen LogP contribution is -2.18. The second kappa shape index (κ2) is 6.35. The monoisotopic (exact) mass is 356 g/mol. The Labute approximate surface area is 150 Å². The van der Waals surface area contributed by atoms with Crippen LogP contribution in [0, 0.1) is 6.92 Å². The van der Waals surface area contributed by atoms with Crippen LogP contribution >= 0.6 is 0 Å². The van der Waals surface area contributed by atoms with Crippen molar-refractivity contribution in [3.8, 4) is 5.75 Å². The Morgan fingerprint density at radius 1 is 0.885 bits per heavy atom. The Morgan fingerprint density at radius 3 is 2.46 bits per heavy atom. The number of halogens is 3. The highest BCUT2D eigenvalue weighted by Gasteiger charge is 2.31. The van der Waals surface area contributed by atoms with Crippen molar-refractivity contribution in [2.45, 2.75) is 38.5 Å². The molecule has 0 aliphatic heterocycles. The van der Waals surface area contributed by atoms with Crippen molar-refractivity contribution in [1.82, 2.24) is 0 Å². The summed E-state index contributed by atoms with van der Waals surface area (Å²) < 4.78 is 41.2. The maximum atomic E-state index is 12.4. The molecule has 0 N–H and O–H groups in total. The highest BCUT2D eigenvalue weighted by molar-refractivity contribution is 5.84. The number of alkyl halides is 3. The van der Waals surface area contributed by atoms with Gasteiger partial charge in [0, 0.05) is 0 Å². The van der Waals surface area contributed by atoms with Crippen LogP contribution in [0.3, 0.4) is 0 Å². The fraction of sp³-hybridized carbons (Fsp3) is 0.273. The normalized spacial score (nSPS) is 17.2. The van der Waals surface area contributed by atoms with Crippen molar-refractivity contribution in [3.05, 3.63) is 76.9 Å². The summed E-state index contributed by atoms with van der Waals surface area (Å²) in [5, 5.41) is 2.46. The molecule has 1 atom stereocenters. The number of benzene rings is 3. The predicted octanol–water partition coefficient (Wildman–Crippen LogP) is 6.32. The van der Waals surface area contributed by atoms with E-state index in [-0.39, 0.29) is 5.75 Å². The van der Waals surface area contributed by atoms with Crippen LogP contribution in [0.1, 0.15) is 34.6 Å². The van der Waals surface area contributed by atoms with Gasteiger partial charge in [0.2, 0.25) is 0 Å². The van der Waals surface area contributed by atoms with Gasteiger partial charge in [-0.2, -0.15) is 0 Å². The highest BCUT2D eigenvalue weighted by atomic mass is 19.4. The molecule has 1 aliphatic carbocycles. The maximum absolute atomic E-state index is 12.4. The summed E-state index contributed by atoms with van der Waals surface area (Å²) in [6, 6.07) is 17.7. The minimum absolute atomic E-state index is 0.129. The zero-order valence-electron chi connectivity index (χ0n) is 14.4. The molecule has 1 unspecified atom stereocenters. The first-order valence-electron chi connectivity index (χ1n) is 8.75. The van der Waals surface area contributed by atoms with E-state index < -0.39 is 6.36 Å². The number of fused-ring (bicyclic) bond motifs is 2. The molecule has 0 saturated heterocycles. The molecule has 0 spiro atoms. The Bertz CT molecular complexity index is 959. The Hall–Kier alpha value is -2.49. The standard InChI is InChI=1S/C22H19F3O/c1-14-2-3-16-11-17(5-4-15(16)10-14)18-6-7-20-13-21(26-22(23,24)25)9-8-19(20)12-18/h2-5,8-11,13,18H,6-7,12H2,1H3. The average molecular weight is 356 g/mol. The van der Waals surface area contributed by atoms with E-state index in [0.29, 0.717) is 5.92 Å². The predicted molar refractivity (Wildman–Crippen MR) is 96.6 cm³/mol. The van der Waals surface area contributed by atoms with Gasteiger partial charge in [-0.15, -0.1) is 13.2 Å². The molecule has 0 saturated carbocycles. The zero-order valence-corrected chi connectivity index (χ0v) is 14.4. The number of ether oxygens (including phenoxy) is 1. The SMILES string of the molecule is Cc1ccc2cc(C3CCc4cc(OC(F)(F)F)ccc4C3)ccc2c1. The lowest BCUT2D eigenvalue weighted by Gasteiger charge is -2.26. The van der Waals surface area contributed by atoms with Crippen molar-refractivity contribution in [2.75, 3.05) is 0 Å². The van der Waals surface area contributed by atoms with Gasteiger partial charge in [0.1, 0.15) is 5.75 Å². The molecule has 0 heterocycles. The fourth-order valence-electron chi connectivity index (χ4n) is 3.85. The first-order valence-corrected chi connectivity index (χ1v) is 8.75. The Kier molecular flexibility index (Phi) is 4.14. The number of hydrogen-bond donors (Lipinski definition) is 0. The highest BCUT2D eigenvalue weighted by Crippen LogP contribution is 2.36. The molecular formula is C22H19F3O. The van der Waals surface area contributed by atoms with E-state index in [2.05, 4.69) is 48.1 Å². The Morgan fingerprint density at radius 2 is 1.65 bits per heavy atom. The van der Waals surface area contributed by atoms with E-state index in [1.165, 1.54) is 34.0 Å². The van der Waals surface area contributed by atoms with E-state index in [1.54, 1.807) is 6.07 Å². The second-order valence-corrected chi connectivity index (χ2v) is 7.03. The summed E-state index contributed by atoms with van der Waals surface area (Å²) in [5.41, 5.74) is 4.61. The second-order valence-electron chi connectivity index (χ2n) is 7.03. The van der Waals surface area contributed by atoms with Crippen molar-refractivity contribution < 1.29 is 17.9 Å². The quantitative estimate of drug-likeness (QED) is 0.522.